The van der Waals surface area contributed by atoms with Crippen molar-refractivity contribution in [3.8, 4) is 0 Å². The molecule has 3 heterocycles. The highest BCUT2D eigenvalue weighted by atomic mass is 19.1. The zero-order chi connectivity index (χ0) is 19.5. The molecule has 4 unspecified atom stereocenters. The lowest BCUT2D eigenvalue weighted by atomic mass is 9.89. The van der Waals surface area contributed by atoms with E-state index in [-0.39, 0.29) is 11.9 Å². The van der Waals surface area contributed by atoms with Gasteiger partial charge in [0.15, 0.2) is 0 Å². The van der Waals surface area contributed by atoms with E-state index in [1.165, 1.54) is 18.9 Å². The maximum absolute atomic E-state index is 13.4. The third kappa shape index (κ3) is 4.91. The van der Waals surface area contributed by atoms with Crippen LogP contribution >= 0.6 is 0 Å². The SMILES string of the molecule is CN(CCCC1CC(c2cccc(F)c2)NN1)C(=O)CC1CC2CCC(C1)N2. The number of rotatable bonds is 7. The normalized spacial score (nSPS) is 31.9. The Hall–Kier alpha value is -1.50. The van der Waals surface area contributed by atoms with Gasteiger partial charge in [-0.2, -0.15) is 0 Å². The first-order chi connectivity index (χ1) is 13.6. The van der Waals surface area contributed by atoms with Gasteiger partial charge in [0.1, 0.15) is 5.82 Å². The zero-order valence-corrected chi connectivity index (χ0v) is 16.8. The molecule has 0 aliphatic carbocycles. The summed E-state index contributed by atoms with van der Waals surface area (Å²) in [5, 5.41) is 3.65. The zero-order valence-electron chi connectivity index (χ0n) is 16.8. The van der Waals surface area contributed by atoms with E-state index in [9.17, 15) is 9.18 Å². The molecule has 1 amide bonds. The van der Waals surface area contributed by atoms with Crippen molar-refractivity contribution in [1.82, 2.24) is 21.1 Å². The molecule has 154 valence electrons. The van der Waals surface area contributed by atoms with Crippen LogP contribution in [0.15, 0.2) is 24.3 Å². The Balaban J connectivity index is 1.15. The molecule has 4 atom stereocenters. The number of hydrogen-bond acceptors (Lipinski definition) is 4. The fraction of sp³-hybridized carbons (Fsp3) is 0.682. The number of nitrogens with zero attached hydrogens (tertiary/aromatic N) is 1. The van der Waals surface area contributed by atoms with Crippen LogP contribution in [0.25, 0.3) is 0 Å². The van der Waals surface area contributed by atoms with Crippen LogP contribution in [0, 0.1) is 11.7 Å². The molecule has 28 heavy (non-hydrogen) atoms. The summed E-state index contributed by atoms with van der Waals surface area (Å²) in [5.74, 6) is 0.660. The lowest BCUT2D eigenvalue weighted by Gasteiger charge is -2.30. The molecule has 0 aromatic heterocycles. The van der Waals surface area contributed by atoms with Crippen LogP contribution in [0.5, 0.6) is 0 Å². The molecule has 6 heteroatoms. The minimum absolute atomic E-state index is 0.148. The second-order valence-electron chi connectivity index (χ2n) is 8.97. The second-order valence-corrected chi connectivity index (χ2v) is 8.97. The Morgan fingerprint density at radius 2 is 1.96 bits per heavy atom. The fourth-order valence-corrected chi connectivity index (χ4v) is 5.20. The number of fused-ring (bicyclic) bond motifs is 2. The van der Waals surface area contributed by atoms with E-state index in [1.54, 1.807) is 12.1 Å². The largest absolute Gasteiger partial charge is 0.346 e. The van der Waals surface area contributed by atoms with Crippen molar-refractivity contribution in [2.75, 3.05) is 13.6 Å². The smallest absolute Gasteiger partial charge is 0.222 e. The molecule has 1 aromatic rings. The maximum atomic E-state index is 13.4. The monoisotopic (exact) mass is 388 g/mol. The van der Waals surface area contributed by atoms with E-state index in [1.807, 2.05) is 18.0 Å². The first-order valence-corrected chi connectivity index (χ1v) is 10.8. The molecule has 3 aliphatic rings. The van der Waals surface area contributed by atoms with Crippen LogP contribution in [-0.2, 0) is 4.79 Å². The predicted octanol–water partition coefficient (Wildman–Crippen LogP) is 2.89. The summed E-state index contributed by atoms with van der Waals surface area (Å²) < 4.78 is 13.4. The van der Waals surface area contributed by atoms with E-state index in [0.717, 1.165) is 44.2 Å². The molecule has 0 radical (unpaired) electrons. The molecular formula is C22H33FN4O. The number of carbonyl (C=O) groups excluding carboxylic acids is 1. The third-order valence-corrected chi connectivity index (χ3v) is 6.74. The highest BCUT2D eigenvalue weighted by Gasteiger charge is 2.34. The van der Waals surface area contributed by atoms with Crippen LogP contribution in [-0.4, -0.2) is 42.5 Å². The summed E-state index contributed by atoms with van der Waals surface area (Å²) in [7, 11) is 1.94. The van der Waals surface area contributed by atoms with Crippen LogP contribution in [0.3, 0.4) is 0 Å². The first-order valence-electron chi connectivity index (χ1n) is 10.8. The van der Waals surface area contributed by atoms with Crippen LogP contribution in [0.4, 0.5) is 4.39 Å². The predicted molar refractivity (Wildman–Crippen MR) is 108 cm³/mol. The Labute approximate surface area is 167 Å². The Bertz CT molecular complexity index is 672. The number of hydrogen-bond donors (Lipinski definition) is 3. The molecule has 0 spiro atoms. The minimum Gasteiger partial charge on any atom is -0.346 e. The Morgan fingerprint density at radius 3 is 2.71 bits per heavy atom. The molecule has 1 aromatic carbocycles. The molecule has 3 saturated heterocycles. The standard InChI is InChI=1S/C22H33FN4O/c1-27(22(28)12-15-10-18-7-8-19(11-15)24-18)9-3-6-20-14-21(26-25-20)16-4-2-5-17(23)13-16/h2,4-5,13,15,18-21,24-26H,3,6-12,14H2,1H3. The van der Waals surface area contributed by atoms with E-state index in [2.05, 4.69) is 16.2 Å². The number of amides is 1. The summed E-state index contributed by atoms with van der Waals surface area (Å²) >= 11 is 0. The highest BCUT2D eigenvalue weighted by molar-refractivity contribution is 5.76. The summed E-state index contributed by atoms with van der Waals surface area (Å²) in [6.07, 6.45) is 8.52. The van der Waals surface area contributed by atoms with Gasteiger partial charge >= 0.3 is 0 Å². The molecule has 4 rings (SSSR count). The Kier molecular flexibility index (Phi) is 6.28. The van der Waals surface area contributed by atoms with Crippen molar-refractivity contribution in [3.05, 3.63) is 35.6 Å². The topological polar surface area (TPSA) is 56.4 Å². The molecule has 2 bridgehead atoms. The summed E-state index contributed by atoms with van der Waals surface area (Å²) in [6, 6.07) is 8.60. The molecule has 3 N–H and O–H groups in total. The summed E-state index contributed by atoms with van der Waals surface area (Å²) in [4.78, 5) is 14.5. The molecule has 0 saturated carbocycles. The number of benzene rings is 1. The fourth-order valence-electron chi connectivity index (χ4n) is 5.20. The van der Waals surface area contributed by atoms with Gasteiger partial charge in [-0.3, -0.25) is 15.6 Å². The maximum Gasteiger partial charge on any atom is 0.222 e. The second kappa shape index (κ2) is 8.89. The van der Waals surface area contributed by atoms with Crippen LogP contribution in [0.1, 0.15) is 63.0 Å². The summed E-state index contributed by atoms with van der Waals surface area (Å²) in [5.41, 5.74) is 7.59. The van der Waals surface area contributed by atoms with Gasteiger partial charge in [0.05, 0.1) is 0 Å². The average Bonchev–Trinajstić information content (AvgIpc) is 3.28. The highest BCUT2D eigenvalue weighted by Crippen LogP contribution is 2.33. The molecular weight excluding hydrogens is 355 g/mol. The lowest BCUT2D eigenvalue weighted by Crippen LogP contribution is -2.40. The number of nitrogens with one attached hydrogen (secondary N) is 3. The number of halogens is 1. The van der Waals surface area contributed by atoms with Gasteiger partial charge < -0.3 is 10.2 Å². The van der Waals surface area contributed by atoms with Gasteiger partial charge in [0.25, 0.3) is 0 Å². The van der Waals surface area contributed by atoms with Gasteiger partial charge in [0, 0.05) is 44.2 Å². The molecule has 5 nitrogen and oxygen atoms in total. The van der Waals surface area contributed by atoms with Gasteiger partial charge in [-0.05, 0) is 68.6 Å². The minimum atomic E-state index is -0.190. The van der Waals surface area contributed by atoms with Crippen molar-refractivity contribution in [2.24, 2.45) is 5.92 Å². The number of carbonyl (C=O) groups is 1. The quantitative estimate of drug-likeness (QED) is 0.672. The number of piperidine rings is 1. The van der Waals surface area contributed by atoms with Crippen LogP contribution < -0.4 is 16.2 Å². The van der Waals surface area contributed by atoms with Crippen molar-refractivity contribution >= 4 is 5.91 Å². The first kappa shape index (κ1) is 19.8. The van der Waals surface area contributed by atoms with Crippen molar-refractivity contribution in [2.45, 2.75) is 75.5 Å². The van der Waals surface area contributed by atoms with Crippen molar-refractivity contribution in [1.29, 1.82) is 0 Å². The lowest BCUT2D eigenvalue weighted by molar-refractivity contribution is -0.131. The van der Waals surface area contributed by atoms with Gasteiger partial charge in [-0.1, -0.05) is 12.1 Å². The van der Waals surface area contributed by atoms with Crippen molar-refractivity contribution in [3.63, 3.8) is 0 Å². The van der Waals surface area contributed by atoms with Gasteiger partial charge in [-0.25, -0.2) is 4.39 Å². The third-order valence-electron chi connectivity index (χ3n) is 6.74. The van der Waals surface area contributed by atoms with Crippen molar-refractivity contribution < 1.29 is 9.18 Å². The van der Waals surface area contributed by atoms with E-state index in [0.29, 0.717) is 36.4 Å². The van der Waals surface area contributed by atoms with E-state index >= 15 is 0 Å². The average molecular weight is 389 g/mol. The number of hydrazine groups is 1. The molecule has 3 fully saturated rings. The van der Waals surface area contributed by atoms with E-state index in [4.69, 9.17) is 0 Å². The molecule has 3 aliphatic heterocycles. The van der Waals surface area contributed by atoms with Gasteiger partial charge in [-0.15, -0.1) is 0 Å². The van der Waals surface area contributed by atoms with Crippen LogP contribution in [0.2, 0.25) is 0 Å². The summed E-state index contributed by atoms with van der Waals surface area (Å²) in [6.45, 7) is 0.805. The Morgan fingerprint density at radius 1 is 1.18 bits per heavy atom. The van der Waals surface area contributed by atoms with E-state index < -0.39 is 0 Å². The van der Waals surface area contributed by atoms with Gasteiger partial charge in [0.2, 0.25) is 5.91 Å².